The summed E-state index contributed by atoms with van der Waals surface area (Å²) < 4.78 is 0. The van der Waals surface area contributed by atoms with Crippen LogP contribution in [0.4, 0.5) is 0 Å². The van der Waals surface area contributed by atoms with E-state index in [0.29, 0.717) is 6.04 Å². The molecule has 1 heterocycles. The van der Waals surface area contributed by atoms with Crippen LogP contribution >= 0.6 is 11.3 Å². The zero-order valence-electron chi connectivity index (χ0n) is 10.5. The highest BCUT2D eigenvalue weighted by atomic mass is 32.1. The first-order chi connectivity index (χ1) is 7.77. The summed E-state index contributed by atoms with van der Waals surface area (Å²) in [6.07, 6.45) is 5.13. The van der Waals surface area contributed by atoms with E-state index in [-0.39, 0.29) is 0 Å². The normalized spacial score (nSPS) is 13.2. The average molecular weight is 240 g/mol. The van der Waals surface area contributed by atoms with E-state index in [1.54, 1.807) is 11.3 Å². The van der Waals surface area contributed by atoms with E-state index in [1.807, 2.05) is 0 Å². The molecule has 0 aliphatic heterocycles. The lowest BCUT2D eigenvalue weighted by molar-refractivity contribution is 0.223. The van der Waals surface area contributed by atoms with Crippen LogP contribution in [0.3, 0.4) is 0 Å². The number of unbranched alkanes of at least 4 members (excludes halogenated alkanes) is 2. The summed E-state index contributed by atoms with van der Waals surface area (Å²) in [7, 11) is 2.18. The fourth-order valence-corrected chi connectivity index (χ4v) is 2.61. The molecule has 1 atom stereocenters. The Morgan fingerprint density at radius 3 is 2.81 bits per heavy atom. The van der Waals surface area contributed by atoms with E-state index < -0.39 is 0 Å². The SMILES string of the molecule is CCCCCC(CN)N(C)Cc1ccsc1. The number of thiophene rings is 1. The van der Waals surface area contributed by atoms with Gasteiger partial charge in [-0.1, -0.05) is 26.2 Å². The summed E-state index contributed by atoms with van der Waals surface area (Å²) in [5.41, 5.74) is 7.25. The minimum atomic E-state index is 0.534. The van der Waals surface area contributed by atoms with Crippen LogP contribution in [-0.4, -0.2) is 24.5 Å². The second kappa shape index (κ2) is 7.82. The number of rotatable bonds is 8. The average Bonchev–Trinajstić information content (AvgIpc) is 2.77. The molecular weight excluding hydrogens is 216 g/mol. The maximum atomic E-state index is 5.85. The Hall–Kier alpha value is -0.380. The van der Waals surface area contributed by atoms with Crippen molar-refractivity contribution in [2.45, 2.75) is 45.2 Å². The molecule has 0 radical (unpaired) electrons. The second-order valence-electron chi connectivity index (χ2n) is 4.43. The summed E-state index contributed by atoms with van der Waals surface area (Å²) in [6.45, 7) is 4.04. The molecule has 0 aromatic carbocycles. The zero-order valence-corrected chi connectivity index (χ0v) is 11.3. The molecule has 16 heavy (non-hydrogen) atoms. The van der Waals surface area contributed by atoms with Crippen molar-refractivity contribution in [2.24, 2.45) is 5.73 Å². The fourth-order valence-electron chi connectivity index (χ4n) is 1.95. The quantitative estimate of drug-likeness (QED) is 0.708. The molecule has 0 amide bonds. The summed E-state index contributed by atoms with van der Waals surface area (Å²) in [6, 6.07) is 2.73. The number of nitrogens with two attached hydrogens (primary N) is 1. The van der Waals surface area contributed by atoms with Gasteiger partial charge in [0.2, 0.25) is 0 Å². The first kappa shape index (κ1) is 13.7. The highest BCUT2D eigenvalue weighted by Gasteiger charge is 2.12. The van der Waals surface area contributed by atoms with Gasteiger partial charge in [0.05, 0.1) is 0 Å². The Kier molecular flexibility index (Phi) is 6.69. The van der Waals surface area contributed by atoms with Crippen molar-refractivity contribution in [3.8, 4) is 0 Å². The third-order valence-electron chi connectivity index (χ3n) is 3.05. The topological polar surface area (TPSA) is 29.3 Å². The molecule has 0 spiro atoms. The number of hydrogen-bond donors (Lipinski definition) is 1. The predicted octanol–water partition coefficient (Wildman–Crippen LogP) is 3.09. The Balaban J connectivity index is 2.33. The molecule has 0 saturated carbocycles. The molecule has 92 valence electrons. The van der Waals surface area contributed by atoms with Crippen LogP contribution in [0.2, 0.25) is 0 Å². The number of nitrogens with zero attached hydrogens (tertiary/aromatic N) is 1. The van der Waals surface area contributed by atoms with E-state index in [2.05, 4.69) is 35.7 Å². The number of likely N-dealkylation sites (N-methyl/N-ethyl adjacent to an activating group) is 1. The monoisotopic (exact) mass is 240 g/mol. The number of hydrogen-bond acceptors (Lipinski definition) is 3. The van der Waals surface area contributed by atoms with E-state index in [9.17, 15) is 0 Å². The van der Waals surface area contributed by atoms with Gasteiger partial charge in [0.1, 0.15) is 0 Å². The van der Waals surface area contributed by atoms with Crippen molar-refractivity contribution >= 4 is 11.3 Å². The first-order valence-electron chi connectivity index (χ1n) is 6.19. The molecular formula is C13H24N2S. The van der Waals surface area contributed by atoms with Gasteiger partial charge in [-0.15, -0.1) is 0 Å². The van der Waals surface area contributed by atoms with Crippen LogP contribution in [0, 0.1) is 0 Å². The molecule has 0 aliphatic carbocycles. The molecule has 0 saturated heterocycles. The molecule has 1 aromatic rings. The summed E-state index contributed by atoms with van der Waals surface area (Å²) in [4.78, 5) is 2.39. The second-order valence-corrected chi connectivity index (χ2v) is 5.21. The molecule has 1 aromatic heterocycles. The maximum absolute atomic E-state index is 5.85. The molecule has 1 unspecified atom stereocenters. The molecule has 2 nitrogen and oxygen atoms in total. The van der Waals surface area contributed by atoms with Gasteiger partial charge in [-0.2, -0.15) is 11.3 Å². The van der Waals surface area contributed by atoms with E-state index in [1.165, 1.54) is 31.2 Å². The van der Waals surface area contributed by atoms with Crippen LogP contribution in [-0.2, 0) is 6.54 Å². The molecule has 3 heteroatoms. The van der Waals surface area contributed by atoms with Gasteiger partial charge >= 0.3 is 0 Å². The summed E-state index contributed by atoms with van der Waals surface area (Å²) in [5, 5.41) is 4.35. The van der Waals surface area contributed by atoms with Crippen molar-refractivity contribution in [3.63, 3.8) is 0 Å². The zero-order chi connectivity index (χ0) is 11.8. The van der Waals surface area contributed by atoms with Gasteiger partial charge in [-0.3, -0.25) is 4.90 Å². The van der Waals surface area contributed by atoms with E-state index in [0.717, 1.165) is 13.1 Å². The van der Waals surface area contributed by atoms with Crippen molar-refractivity contribution in [3.05, 3.63) is 22.4 Å². The third-order valence-corrected chi connectivity index (χ3v) is 3.78. The van der Waals surface area contributed by atoms with Crippen LogP contribution in [0.5, 0.6) is 0 Å². The largest absolute Gasteiger partial charge is 0.329 e. The van der Waals surface area contributed by atoms with Gasteiger partial charge in [-0.05, 0) is 35.9 Å². The van der Waals surface area contributed by atoms with Crippen LogP contribution in [0.25, 0.3) is 0 Å². The molecule has 2 N–H and O–H groups in total. The molecule has 0 bridgehead atoms. The maximum Gasteiger partial charge on any atom is 0.0242 e. The lowest BCUT2D eigenvalue weighted by atomic mass is 10.1. The highest BCUT2D eigenvalue weighted by Crippen LogP contribution is 2.13. The predicted molar refractivity (Wildman–Crippen MR) is 72.8 cm³/mol. The third kappa shape index (κ3) is 4.64. The lowest BCUT2D eigenvalue weighted by Crippen LogP contribution is -2.37. The minimum Gasteiger partial charge on any atom is -0.329 e. The van der Waals surface area contributed by atoms with Gasteiger partial charge in [0.15, 0.2) is 0 Å². The Bertz CT molecular complexity index is 259. The van der Waals surface area contributed by atoms with E-state index in [4.69, 9.17) is 5.73 Å². The van der Waals surface area contributed by atoms with Crippen LogP contribution in [0.1, 0.15) is 38.2 Å². The van der Waals surface area contributed by atoms with Gasteiger partial charge < -0.3 is 5.73 Å². The smallest absolute Gasteiger partial charge is 0.0242 e. The van der Waals surface area contributed by atoms with Crippen molar-refractivity contribution in [1.29, 1.82) is 0 Å². The Labute approximate surface area is 103 Å². The van der Waals surface area contributed by atoms with Crippen molar-refractivity contribution < 1.29 is 0 Å². The summed E-state index contributed by atoms with van der Waals surface area (Å²) >= 11 is 1.76. The van der Waals surface area contributed by atoms with Crippen molar-refractivity contribution in [1.82, 2.24) is 4.90 Å². The lowest BCUT2D eigenvalue weighted by Gasteiger charge is -2.26. The van der Waals surface area contributed by atoms with Crippen LogP contribution in [0.15, 0.2) is 16.8 Å². The minimum absolute atomic E-state index is 0.534. The molecule has 0 aliphatic rings. The molecule has 0 fully saturated rings. The van der Waals surface area contributed by atoms with Gasteiger partial charge in [-0.25, -0.2) is 0 Å². The Morgan fingerprint density at radius 1 is 1.44 bits per heavy atom. The van der Waals surface area contributed by atoms with E-state index >= 15 is 0 Å². The Morgan fingerprint density at radius 2 is 2.25 bits per heavy atom. The fraction of sp³-hybridized carbons (Fsp3) is 0.692. The highest BCUT2D eigenvalue weighted by molar-refractivity contribution is 7.07. The molecule has 1 rings (SSSR count). The standard InChI is InChI=1S/C13H24N2S/c1-3-4-5-6-13(9-14)15(2)10-12-7-8-16-11-12/h7-8,11,13H,3-6,9-10,14H2,1-2H3. The van der Waals surface area contributed by atoms with Crippen LogP contribution < -0.4 is 5.73 Å². The first-order valence-corrected chi connectivity index (χ1v) is 7.13. The van der Waals surface area contributed by atoms with Gasteiger partial charge in [0.25, 0.3) is 0 Å². The van der Waals surface area contributed by atoms with Gasteiger partial charge in [0, 0.05) is 19.1 Å². The van der Waals surface area contributed by atoms with Crippen molar-refractivity contribution in [2.75, 3.05) is 13.6 Å². The summed E-state index contributed by atoms with van der Waals surface area (Å²) in [5.74, 6) is 0.